The SMILES string of the molecule is COC(=O)c1cc(N)[n+](N)cc1OC. The molecule has 1 rings (SSSR count). The van der Waals surface area contributed by atoms with E-state index in [1.807, 2.05) is 0 Å². The monoisotopic (exact) mass is 198 g/mol. The normalized spacial score (nSPS) is 9.57. The third kappa shape index (κ3) is 1.68. The molecule has 0 fully saturated rings. The van der Waals surface area contributed by atoms with E-state index in [0.29, 0.717) is 5.75 Å². The van der Waals surface area contributed by atoms with Crippen molar-refractivity contribution in [3.05, 3.63) is 17.8 Å². The molecule has 76 valence electrons. The molecule has 6 nitrogen and oxygen atoms in total. The number of hydrogen-bond acceptors (Lipinski definition) is 5. The minimum atomic E-state index is -0.519. The lowest BCUT2D eigenvalue weighted by Crippen LogP contribution is -2.47. The standard InChI is InChI=1S/C8H11N3O3/c1-13-6-4-11(10)7(9)3-5(6)8(12)14-2/h3-4,9H,10H2,1-2H3/p+1. The Hall–Kier alpha value is -1.98. The average molecular weight is 198 g/mol. The van der Waals surface area contributed by atoms with Crippen LogP contribution in [0.25, 0.3) is 0 Å². The summed E-state index contributed by atoms with van der Waals surface area (Å²) >= 11 is 0. The summed E-state index contributed by atoms with van der Waals surface area (Å²) in [6, 6.07) is 1.39. The van der Waals surface area contributed by atoms with Crippen molar-refractivity contribution >= 4 is 11.8 Å². The van der Waals surface area contributed by atoms with E-state index in [9.17, 15) is 4.79 Å². The second-order valence-corrected chi connectivity index (χ2v) is 2.58. The molecule has 6 heteroatoms. The molecule has 0 radical (unpaired) electrons. The number of rotatable bonds is 2. The highest BCUT2D eigenvalue weighted by molar-refractivity contribution is 5.92. The second-order valence-electron chi connectivity index (χ2n) is 2.58. The van der Waals surface area contributed by atoms with Gasteiger partial charge in [-0.15, -0.1) is 4.68 Å². The van der Waals surface area contributed by atoms with Crippen molar-refractivity contribution in [3.8, 4) is 5.75 Å². The number of esters is 1. The van der Waals surface area contributed by atoms with Gasteiger partial charge in [0.1, 0.15) is 5.56 Å². The Bertz CT molecular complexity index is 365. The van der Waals surface area contributed by atoms with Crippen LogP contribution in [0.3, 0.4) is 0 Å². The third-order valence-electron chi connectivity index (χ3n) is 1.74. The predicted molar refractivity (Wildman–Crippen MR) is 49.1 cm³/mol. The van der Waals surface area contributed by atoms with Crippen molar-refractivity contribution in [2.75, 3.05) is 25.8 Å². The molecule has 1 aromatic heterocycles. The number of nitrogen functional groups attached to an aromatic ring is 2. The van der Waals surface area contributed by atoms with Crippen LogP contribution in [0.15, 0.2) is 12.3 Å². The van der Waals surface area contributed by atoms with Crippen LogP contribution in [0, 0.1) is 0 Å². The molecule has 0 spiro atoms. The summed E-state index contributed by atoms with van der Waals surface area (Å²) < 4.78 is 10.7. The summed E-state index contributed by atoms with van der Waals surface area (Å²) in [4.78, 5) is 11.2. The van der Waals surface area contributed by atoms with Gasteiger partial charge in [0.2, 0.25) is 0 Å². The maximum atomic E-state index is 11.2. The zero-order chi connectivity index (χ0) is 10.7. The average Bonchev–Trinajstić information content (AvgIpc) is 2.20. The summed E-state index contributed by atoms with van der Waals surface area (Å²) in [5.41, 5.74) is 5.76. The quantitative estimate of drug-likeness (QED) is 0.364. The van der Waals surface area contributed by atoms with Crippen molar-refractivity contribution in [1.29, 1.82) is 0 Å². The van der Waals surface area contributed by atoms with Crippen LogP contribution in [0.2, 0.25) is 0 Å². The molecule has 0 saturated carbocycles. The highest BCUT2D eigenvalue weighted by Gasteiger charge is 2.17. The molecular formula is C8H12N3O3+. The van der Waals surface area contributed by atoms with E-state index in [2.05, 4.69) is 4.74 Å². The molecule has 0 amide bonds. The van der Waals surface area contributed by atoms with Gasteiger partial charge in [0.25, 0.3) is 5.82 Å². The number of carbonyl (C=O) groups excluding carboxylic acids is 1. The minimum absolute atomic E-state index is 0.242. The maximum Gasteiger partial charge on any atom is 0.342 e. The first-order chi connectivity index (χ1) is 6.60. The lowest BCUT2D eigenvalue weighted by Gasteiger charge is -2.06. The molecular weight excluding hydrogens is 186 g/mol. The summed E-state index contributed by atoms with van der Waals surface area (Å²) in [6.45, 7) is 0. The molecule has 1 aromatic rings. The van der Waals surface area contributed by atoms with Gasteiger partial charge in [0, 0.05) is 6.07 Å². The number of carbonyl (C=O) groups is 1. The number of pyridine rings is 1. The summed E-state index contributed by atoms with van der Waals surface area (Å²) in [5, 5.41) is 0. The van der Waals surface area contributed by atoms with Crippen molar-refractivity contribution < 1.29 is 18.9 Å². The highest BCUT2D eigenvalue weighted by atomic mass is 16.5. The molecule has 0 aliphatic carbocycles. The van der Waals surface area contributed by atoms with E-state index < -0.39 is 5.97 Å². The summed E-state index contributed by atoms with van der Waals surface area (Å²) in [5.74, 6) is 5.50. The van der Waals surface area contributed by atoms with Crippen molar-refractivity contribution in [2.24, 2.45) is 0 Å². The molecule has 0 unspecified atom stereocenters. The van der Waals surface area contributed by atoms with Gasteiger partial charge in [-0.2, -0.15) is 0 Å². The molecule has 0 atom stereocenters. The number of nitrogens with zero attached hydrogens (tertiary/aromatic N) is 1. The molecule has 0 aromatic carbocycles. The van der Waals surface area contributed by atoms with Gasteiger partial charge in [-0.05, 0) is 0 Å². The number of methoxy groups -OCH3 is 2. The smallest absolute Gasteiger partial charge is 0.342 e. The van der Waals surface area contributed by atoms with E-state index in [1.165, 1.54) is 26.5 Å². The molecule has 4 N–H and O–H groups in total. The van der Waals surface area contributed by atoms with Gasteiger partial charge < -0.3 is 9.47 Å². The largest absolute Gasteiger partial charge is 0.492 e. The fourth-order valence-corrected chi connectivity index (χ4v) is 0.996. The topological polar surface area (TPSA) is 91.5 Å². The summed E-state index contributed by atoms with van der Waals surface area (Å²) in [7, 11) is 2.71. The van der Waals surface area contributed by atoms with Gasteiger partial charge in [0.15, 0.2) is 11.9 Å². The first-order valence-corrected chi connectivity index (χ1v) is 3.82. The fourth-order valence-electron chi connectivity index (χ4n) is 0.996. The third-order valence-corrected chi connectivity index (χ3v) is 1.74. The predicted octanol–water partition coefficient (Wildman–Crippen LogP) is -0.935. The van der Waals surface area contributed by atoms with Crippen LogP contribution in [-0.2, 0) is 4.74 Å². The van der Waals surface area contributed by atoms with E-state index in [1.54, 1.807) is 0 Å². The molecule has 1 heterocycles. The molecule has 0 aliphatic rings. The van der Waals surface area contributed by atoms with Crippen LogP contribution in [-0.4, -0.2) is 20.2 Å². The highest BCUT2D eigenvalue weighted by Crippen LogP contribution is 2.17. The Morgan fingerprint density at radius 2 is 2.14 bits per heavy atom. The minimum Gasteiger partial charge on any atom is -0.492 e. The van der Waals surface area contributed by atoms with E-state index >= 15 is 0 Å². The van der Waals surface area contributed by atoms with Gasteiger partial charge in [-0.25, -0.2) is 4.79 Å². The Balaban J connectivity index is 3.27. The lowest BCUT2D eigenvalue weighted by molar-refractivity contribution is -0.624. The lowest BCUT2D eigenvalue weighted by atomic mass is 10.2. The Morgan fingerprint density at radius 3 is 2.64 bits per heavy atom. The molecule has 14 heavy (non-hydrogen) atoms. The molecule has 0 saturated heterocycles. The van der Waals surface area contributed by atoms with E-state index in [4.69, 9.17) is 16.3 Å². The molecule has 0 bridgehead atoms. The van der Waals surface area contributed by atoms with Crippen LogP contribution < -0.4 is 21.0 Å². The van der Waals surface area contributed by atoms with Crippen LogP contribution >= 0.6 is 0 Å². The van der Waals surface area contributed by atoms with Gasteiger partial charge in [-0.3, -0.25) is 11.6 Å². The zero-order valence-corrected chi connectivity index (χ0v) is 7.98. The van der Waals surface area contributed by atoms with Crippen molar-refractivity contribution in [3.63, 3.8) is 0 Å². The van der Waals surface area contributed by atoms with Crippen LogP contribution in [0.5, 0.6) is 5.75 Å². The number of anilines is 1. The maximum absolute atomic E-state index is 11.2. The Kier molecular flexibility index (Phi) is 2.76. The zero-order valence-electron chi connectivity index (χ0n) is 7.98. The number of aromatic nitrogens is 1. The second kappa shape index (κ2) is 3.82. The Labute approximate surface area is 81.0 Å². The number of nitrogens with two attached hydrogens (primary N) is 2. The number of ether oxygens (including phenoxy) is 2. The summed E-state index contributed by atoms with van der Waals surface area (Å²) in [6.07, 6.45) is 1.40. The molecule has 0 aliphatic heterocycles. The van der Waals surface area contributed by atoms with Crippen molar-refractivity contribution in [2.45, 2.75) is 0 Å². The Morgan fingerprint density at radius 1 is 1.50 bits per heavy atom. The fraction of sp³-hybridized carbons (Fsp3) is 0.250. The van der Waals surface area contributed by atoms with Crippen molar-refractivity contribution in [1.82, 2.24) is 0 Å². The first kappa shape index (κ1) is 10.1. The first-order valence-electron chi connectivity index (χ1n) is 3.82. The van der Waals surface area contributed by atoms with Crippen LogP contribution in [0.4, 0.5) is 5.82 Å². The van der Waals surface area contributed by atoms with E-state index in [-0.39, 0.29) is 11.4 Å². The van der Waals surface area contributed by atoms with Crippen LogP contribution in [0.1, 0.15) is 10.4 Å². The number of hydrogen-bond donors (Lipinski definition) is 2. The van der Waals surface area contributed by atoms with Gasteiger partial charge in [0.05, 0.1) is 14.2 Å². The van der Waals surface area contributed by atoms with E-state index in [0.717, 1.165) is 4.68 Å². The van der Waals surface area contributed by atoms with Gasteiger partial charge in [-0.1, -0.05) is 0 Å². The van der Waals surface area contributed by atoms with Gasteiger partial charge >= 0.3 is 5.97 Å².